The van der Waals surface area contributed by atoms with Gasteiger partial charge in [0.25, 0.3) is 5.91 Å². The van der Waals surface area contributed by atoms with Gasteiger partial charge in [-0.2, -0.15) is 0 Å². The Morgan fingerprint density at radius 3 is 2.45 bits per heavy atom. The number of imide groups is 1. The van der Waals surface area contributed by atoms with Crippen LogP contribution in [0.15, 0.2) is 66.7 Å². The zero-order valence-electron chi connectivity index (χ0n) is 19.2. The standard InChI is InChI=1S/C27H29N3O3/c1-4-8-19-13-15-21(16-14-19)27(3)25(32)30(26(33)29-27)17-24(31)28-18(2)22-12-7-10-20-9-5-6-11-23(20)22/h5-7,9-16,18H,4,8,17H2,1-3H3,(H,28,31)(H,29,33). The molecular weight excluding hydrogens is 414 g/mol. The van der Waals surface area contributed by atoms with Crippen molar-refractivity contribution >= 4 is 28.6 Å². The van der Waals surface area contributed by atoms with Gasteiger partial charge in [-0.25, -0.2) is 4.79 Å². The van der Waals surface area contributed by atoms with Crippen molar-refractivity contribution in [2.75, 3.05) is 6.54 Å². The molecule has 6 nitrogen and oxygen atoms in total. The number of benzene rings is 3. The lowest BCUT2D eigenvalue weighted by molar-refractivity contribution is -0.135. The smallest absolute Gasteiger partial charge is 0.325 e. The van der Waals surface area contributed by atoms with Crippen molar-refractivity contribution in [3.05, 3.63) is 83.4 Å². The molecule has 2 N–H and O–H groups in total. The molecule has 0 radical (unpaired) electrons. The van der Waals surface area contributed by atoms with Gasteiger partial charge in [0.05, 0.1) is 6.04 Å². The quantitative estimate of drug-likeness (QED) is 0.530. The lowest BCUT2D eigenvalue weighted by Crippen LogP contribution is -2.43. The molecule has 2 atom stereocenters. The Balaban J connectivity index is 1.46. The number of nitrogens with one attached hydrogen (secondary N) is 2. The van der Waals surface area contributed by atoms with Crippen molar-refractivity contribution < 1.29 is 14.4 Å². The van der Waals surface area contributed by atoms with Crippen LogP contribution in [0.3, 0.4) is 0 Å². The summed E-state index contributed by atoms with van der Waals surface area (Å²) in [6.07, 6.45) is 1.99. The van der Waals surface area contributed by atoms with Crippen molar-refractivity contribution in [1.29, 1.82) is 0 Å². The number of hydrogen-bond donors (Lipinski definition) is 2. The Morgan fingerprint density at radius 1 is 1.03 bits per heavy atom. The van der Waals surface area contributed by atoms with Gasteiger partial charge in [-0.1, -0.05) is 80.1 Å². The van der Waals surface area contributed by atoms with Gasteiger partial charge in [0, 0.05) is 0 Å². The summed E-state index contributed by atoms with van der Waals surface area (Å²) in [5.74, 6) is -0.815. The number of amides is 4. The third kappa shape index (κ3) is 4.33. The van der Waals surface area contributed by atoms with E-state index in [1.165, 1.54) is 5.56 Å². The summed E-state index contributed by atoms with van der Waals surface area (Å²) in [6.45, 7) is 5.36. The highest BCUT2D eigenvalue weighted by Gasteiger charge is 2.49. The molecule has 1 fully saturated rings. The van der Waals surface area contributed by atoms with Gasteiger partial charge in [-0.3, -0.25) is 14.5 Å². The molecule has 0 aromatic heterocycles. The van der Waals surface area contributed by atoms with Gasteiger partial charge in [-0.05, 0) is 47.7 Å². The second-order valence-electron chi connectivity index (χ2n) is 8.75. The fourth-order valence-electron chi connectivity index (χ4n) is 4.47. The van der Waals surface area contributed by atoms with Crippen LogP contribution < -0.4 is 10.6 Å². The third-order valence-electron chi connectivity index (χ3n) is 6.31. The van der Waals surface area contributed by atoms with Gasteiger partial charge >= 0.3 is 6.03 Å². The first-order valence-corrected chi connectivity index (χ1v) is 11.3. The van der Waals surface area contributed by atoms with Crippen LogP contribution in [0.2, 0.25) is 0 Å². The van der Waals surface area contributed by atoms with E-state index in [0.717, 1.165) is 34.1 Å². The minimum Gasteiger partial charge on any atom is -0.348 e. The molecule has 0 bridgehead atoms. The van der Waals surface area contributed by atoms with Crippen LogP contribution in [0, 0.1) is 0 Å². The Hall–Kier alpha value is -3.67. The van der Waals surface area contributed by atoms with Crippen LogP contribution in [-0.2, 0) is 21.5 Å². The van der Waals surface area contributed by atoms with Gasteiger partial charge in [0.15, 0.2) is 0 Å². The molecule has 33 heavy (non-hydrogen) atoms. The van der Waals surface area contributed by atoms with E-state index >= 15 is 0 Å². The Morgan fingerprint density at radius 2 is 1.73 bits per heavy atom. The van der Waals surface area contributed by atoms with Crippen LogP contribution in [-0.4, -0.2) is 29.3 Å². The van der Waals surface area contributed by atoms with Gasteiger partial charge in [0.1, 0.15) is 12.1 Å². The zero-order chi connectivity index (χ0) is 23.6. The van der Waals surface area contributed by atoms with Crippen LogP contribution >= 0.6 is 0 Å². The largest absolute Gasteiger partial charge is 0.348 e. The Bertz CT molecular complexity index is 1200. The Kier molecular flexibility index (Phi) is 6.18. The second kappa shape index (κ2) is 9.06. The molecule has 1 aliphatic rings. The number of urea groups is 1. The van der Waals surface area contributed by atoms with Crippen LogP contribution in [0.1, 0.15) is 49.9 Å². The second-order valence-corrected chi connectivity index (χ2v) is 8.75. The third-order valence-corrected chi connectivity index (χ3v) is 6.31. The van der Waals surface area contributed by atoms with Crippen LogP contribution in [0.5, 0.6) is 0 Å². The van der Waals surface area contributed by atoms with Crippen LogP contribution in [0.25, 0.3) is 10.8 Å². The molecule has 3 aromatic carbocycles. The predicted molar refractivity (Wildman–Crippen MR) is 129 cm³/mol. The van der Waals surface area contributed by atoms with Crippen molar-refractivity contribution in [1.82, 2.24) is 15.5 Å². The molecule has 0 saturated carbocycles. The van der Waals surface area contributed by atoms with Gasteiger partial charge in [0.2, 0.25) is 5.91 Å². The summed E-state index contributed by atoms with van der Waals surface area (Å²) in [7, 11) is 0. The molecule has 2 unspecified atom stereocenters. The topological polar surface area (TPSA) is 78.5 Å². The molecule has 3 aromatic rings. The van der Waals surface area contributed by atoms with E-state index in [1.54, 1.807) is 6.92 Å². The molecule has 1 heterocycles. The number of carbonyl (C=O) groups is 3. The van der Waals surface area contributed by atoms with Gasteiger partial charge in [-0.15, -0.1) is 0 Å². The van der Waals surface area contributed by atoms with Crippen molar-refractivity contribution in [3.8, 4) is 0 Å². The molecule has 1 aliphatic heterocycles. The maximum Gasteiger partial charge on any atom is 0.325 e. The molecule has 170 valence electrons. The first-order valence-electron chi connectivity index (χ1n) is 11.3. The molecule has 6 heteroatoms. The van der Waals surface area contributed by atoms with E-state index < -0.39 is 17.5 Å². The number of rotatable bonds is 7. The number of hydrogen-bond acceptors (Lipinski definition) is 3. The lowest BCUT2D eigenvalue weighted by atomic mass is 9.91. The molecule has 1 saturated heterocycles. The average Bonchev–Trinajstić information content (AvgIpc) is 3.03. The van der Waals surface area contributed by atoms with E-state index in [2.05, 4.69) is 17.6 Å². The van der Waals surface area contributed by atoms with E-state index in [9.17, 15) is 14.4 Å². The predicted octanol–water partition coefficient (Wildman–Crippen LogP) is 4.44. The minimum absolute atomic E-state index is 0.276. The normalized spacial score (nSPS) is 18.9. The highest BCUT2D eigenvalue weighted by atomic mass is 16.2. The summed E-state index contributed by atoms with van der Waals surface area (Å²) in [5, 5.41) is 7.85. The summed E-state index contributed by atoms with van der Waals surface area (Å²) in [5.41, 5.74) is 1.67. The Labute approximate surface area is 194 Å². The van der Waals surface area contributed by atoms with Crippen molar-refractivity contribution in [2.24, 2.45) is 0 Å². The fourth-order valence-corrected chi connectivity index (χ4v) is 4.47. The molecule has 0 aliphatic carbocycles. The number of aryl methyl sites for hydroxylation is 1. The summed E-state index contributed by atoms with van der Waals surface area (Å²) in [6, 6.07) is 20.8. The van der Waals surface area contributed by atoms with E-state index in [4.69, 9.17) is 0 Å². The summed E-state index contributed by atoms with van der Waals surface area (Å²) < 4.78 is 0. The van der Waals surface area contributed by atoms with Crippen LogP contribution in [0.4, 0.5) is 4.79 Å². The number of fused-ring (bicyclic) bond motifs is 1. The fraction of sp³-hybridized carbons (Fsp3) is 0.296. The van der Waals surface area contributed by atoms with E-state index in [1.807, 2.05) is 73.7 Å². The first kappa shape index (κ1) is 22.5. The highest BCUT2D eigenvalue weighted by Crippen LogP contribution is 2.29. The average molecular weight is 444 g/mol. The first-order chi connectivity index (χ1) is 15.8. The monoisotopic (exact) mass is 443 g/mol. The molecule has 4 amide bonds. The van der Waals surface area contributed by atoms with Gasteiger partial charge < -0.3 is 10.6 Å². The van der Waals surface area contributed by atoms with Crippen molar-refractivity contribution in [3.63, 3.8) is 0 Å². The lowest BCUT2D eigenvalue weighted by Gasteiger charge is -2.23. The van der Waals surface area contributed by atoms with Crippen molar-refractivity contribution in [2.45, 2.75) is 45.2 Å². The summed E-state index contributed by atoms with van der Waals surface area (Å²) in [4.78, 5) is 39.6. The molecular formula is C27H29N3O3. The molecule has 0 spiro atoms. The zero-order valence-corrected chi connectivity index (χ0v) is 19.2. The minimum atomic E-state index is -1.19. The maximum absolute atomic E-state index is 13.2. The maximum atomic E-state index is 13.2. The highest BCUT2D eigenvalue weighted by molar-refractivity contribution is 6.09. The SMILES string of the molecule is CCCc1ccc(C2(C)NC(=O)N(CC(=O)NC(C)c3cccc4ccccc34)C2=O)cc1. The number of nitrogens with zero attached hydrogens (tertiary/aromatic N) is 1. The molecule has 4 rings (SSSR count). The number of carbonyl (C=O) groups excluding carboxylic acids is 3. The van der Waals surface area contributed by atoms with E-state index in [-0.39, 0.29) is 18.5 Å². The van der Waals surface area contributed by atoms with E-state index in [0.29, 0.717) is 5.56 Å². The summed E-state index contributed by atoms with van der Waals surface area (Å²) >= 11 is 0.